The van der Waals surface area contributed by atoms with Crippen molar-refractivity contribution in [2.24, 2.45) is 0 Å². The fourth-order valence-electron chi connectivity index (χ4n) is 2.57. The minimum absolute atomic E-state index is 0.216. The van der Waals surface area contributed by atoms with E-state index in [2.05, 4.69) is 15.1 Å². The van der Waals surface area contributed by atoms with Crippen LogP contribution in [-0.2, 0) is 13.1 Å². The van der Waals surface area contributed by atoms with Gasteiger partial charge >= 0.3 is 0 Å². The van der Waals surface area contributed by atoms with E-state index in [0.717, 1.165) is 12.1 Å². The van der Waals surface area contributed by atoms with Gasteiger partial charge in [-0.15, -0.1) is 10.2 Å². The molecule has 0 amide bonds. The summed E-state index contributed by atoms with van der Waals surface area (Å²) in [5.41, 5.74) is 1.07. The number of furan rings is 1. The van der Waals surface area contributed by atoms with E-state index < -0.39 is 0 Å². The molecule has 1 fully saturated rings. The van der Waals surface area contributed by atoms with Crippen molar-refractivity contribution in [2.45, 2.75) is 32.0 Å². The molecule has 1 saturated carbocycles. The third kappa shape index (κ3) is 3.32. The summed E-state index contributed by atoms with van der Waals surface area (Å²) in [6, 6.07) is 10.7. The summed E-state index contributed by atoms with van der Waals surface area (Å²) >= 11 is 0. The molecule has 5 nitrogen and oxygen atoms in total. The topological polar surface area (TPSA) is 55.3 Å². The second kappa shape index (κ2) is 5.96. The highest BCUT2D eigenvalue weighted by molar-refractivity contribution is 5.42. The molecular formula is C17H16FN3O2. The minimum atomic E-state index is -0.216. The molecule has 0 atom stereocenters. The Morgan fingerprint density at radius 1 is 1.09 bits per heavy atom. The molecule has 1 aliphatic rings. The molecular weight excluding hydrogens is 297 g/mol. The van der Waals surface area contributed by atoms with Crippen LogP contribution >= 0.6 is 0 Å². The van der Waals surface area contributed by atoms with Crippen molar-refractivity contribution >= 4 is 0 Å². The van der Waals surface area contributed by atoms with E-state index in [0.29, 0.717) is 30.1 Å². The Morgan fingerprint density at radius 2 is 1.91 bits per heavy atom. The highest BCUT2D eigenvalue weighted by atomic mass is 19.1. The molecule has 1 aliphatic carbocycles. The monoisotopic (exact) mass is 313 g/mol. The van der Waals surface area contributed by atoms with Crippen molar-refractivity contribution < 1.29 is 13.2 Å². The fourth-order valence-corrected chi connectivity index (χ4v) is 2.57. The van der Waals surface area contributed by atoms with Crippen molar-refractivity contribution in [3.05, 3.63) is 59.9 Å². The molecule has 2 aromatic heterocycles. The summed E-state index contributed by atoms with van der Waals surface area (Å²) in [4.78, 5) is 2.28. The molecule has 0 N–H and O–H groups in total. The van der Waals surface area contributed by atoms with Gasteiger partial charge in [0, 0.05) is 12.6 Å². The number of halogens is 1. The van der Waals surface area contributed by atoms with Crippen LogP contribution in [0.1, 0.15) is 24.3 Å². The lowest BCUT2D eigenvalue weighted by atomic mass is 10.2. The summed E-state index contributed by atoms with van der Waals surface area (Å²) in [5, 5.41) is 8.12. The second-order valence-electron chi connectivity index (χ2n) is 5.74. The van der Waals surface area contributed by atoms with Gasteiger partial charge in [0.25, 0.3) is 5.89 Å². The van der Waals surface area contributed by atoms with Gasteiger partial charge in [-0.05, 0) is 42.7 Å². The molecule has 0 unspecified atom stereocenters. The van der Waals surface area contributed by atoms with Crippen LogP contribution in [0.5, 0.6) is 0 Å². The maximum Gasteiger partial charge on any atom is 0.283 e. The van der Waals surface area contributed by atoms with E-state index in [1.54, 1.807) is 18.4 Å². The normalized spacial score (nSPS) is 14.5. The molecule has 2 heterocycles. The highest BCUT2D eigenvalue weighted by Crippen LogP contribution is 2.30. The third-order valence-electron chi connectivity index (χ3n) is 3.90. The SMILES string of the molecule is Fc1ccc(CN(Cc2nnc(-c3ccco3)o2)C2CC2)cc1. The number of hydrogen-bond donors (Lipinski definition) is 0. The van der Waals surface area contributed by atoms with Gasteiger partial charge in [-0.3, -0.25) is 4.90 Å². The van der Waals surface area contributed by atoms with Gasteiger partial charge in [0.15, 0.2) is 5.76 Å². The van der Waals surface area contributed by atoms with Crippen molar-refractivity contribution in [1.82, 2.24) is 15.1 Å². The minimum Gasteiger partial charge on any atom is -0.459 e. The van der Waals surface area contributed by atoms with Gasteiger partial charge in [0.2, 0.25) is 5.89 Å². The van der Waals surface area contributed by atoms with Crippen LogP contribution in [0, 0.1) is 5.82 Å². The van der Waals surface area contributed by atoms with E-state index in [1.165, 1.54) is 25.0 Å². The zero-order valence-electron chi connectivity index (χ0n) is 12.5. The average molecular weight is 313 g/mol. The molecule has 0 radical (unpaired) electrons. The summed E-state index contributed by atoms with van der Waals surface area (Å²) < 4.78 is 24.0. The Labute approximate surface area is 132 Å². The Hall–Kier alpha value is -2.47. The Kier molecular flexibility index (Phi) is 3.67. The first-order chi connectivity index (χ1) is 11.3. The van der Waals surface area contributed by atoms with Crippen LogP contribution in [0.25, 0.3) is 11.7 Å². The van der Waals surface area contributed by atoms with E-state index in [1.807, 2.05) is 12.1 Å². The maximum absolute atomic E-state index is 13.0. The summed E-state index contributed by atoms with van der Waals surface area (Å²) in [6.07, 6.45) is 3.91. The van der Waals surface area contributed by atoms with Gasteiger partial charge in [-0.25, -0.2) is 4.39 Å². The lowest BCUT2D eigenvalue weighted by molar-refractivity contribution is 0.221. The van der Waals surface area contributed by atoms with Crippen molar-refractivity contribution in [3.8, 4) is 11.7 Å². The summed E-state index contributed by atoms with van der Waals surface area (Å²) in [5.74, 6) is 1.31. The standard InChI is InChI=1S/C17H16FN3O2/c18-13-5-3-12(4-6-13)10-21(14-7-8-14)11-16-19-20-17(23-16)15-2-1-9-22-15/h1-6,9,14H,7-8,10-11H2. The lowest BCUT2D eigenvalue weighted by Crippen LogP contribution is -2.25. The molecule has 0 spiro atoms. The van der Waals surface area contributed by atoms with Crippen molar-refractivity contribution in [1.29, 1.82) is 0 Å². The van der Waals surface area contributed by atoms with Gasteiger partial charge in [0.05, 0.1) is 12.8 Å². The van der Waals surface area contributed by atoms with Gasteiger partial charge in [-0.2, -0.15) is 0 Å². The molecule has 3 aromatic rings. The fraction of sp³-hybridized carbons (Fsp3) is 0.294. The van der Waals surface area contributed by atoms with Crippen molar-refractivity contribution in [3.63, 3.8) is 0 Å². The van der Waals surface area contributed by atoms with E-state index in [9.17, 15) is 4.39 Å². The number of nitrogens with zero attached hydrogens (tertiary/aromatic N) is 3. The Bertz CT molecular complexity index is 764. The maximum atomic E-state index is 13.0. The van der Waals surface area contributed by atoms with Crippen LogP contribution in [0.3, 0.4) is 0 Å². The number of hydrogen-bond acceptors (Lipinski definition) is 5. The quantitative estimate of drug-likeness (QED) is 0.695. The van der Waals surface area contributed by atoms with Crippen LogP contribution in [0.15, 0.2) is 51.5 Å². The number of rotatable bonds is 6. The number of aromatic nitrogens is 2. The Morgan fingerprint density at radius 3 is 2.61 bits per heavy atom. The molecule has 23 heavy (non-hydrogen) atoms. The van der Waals surface area contributed by atoms with Crippen LogP contribution in [0.4, 0.5) is 4.39 Å². The predicted molar refractivity (Wildman–Crippen MR) is 80.7 cm³/mol. The average Bonchev–Trinajstić information content (AvgIpc) is 3.07. The molecule has 0 aliphatic heterocycles. The molecule has 1 aromatic carbocycles. The van der Waals surface area contributed by atoms with E-state index in [-0.39, 0.29) is 5.82 Å². The van der Waals surface area contributed by atoms with Crippen LogP contribution in [-0.4, -0.2) is 21.1 Å². The van der Waals surface area contributed by atoms with Gasteiger partial charge in [0.1, 0.15) is 5.82 Å². The summed E-state index contributed by atoms with van der Waals surface area (Å²) in [6.45, 7) is 1.32. The predicted octanol–water partition coefficient (Wildman–Crippen LogP) is 3.63. The van der Waals surface area contributed by atoms with Gasteiger partial charge < -0.3 is 8.83 Å². The largest absolute Gasteiger partial charge is 0.459 e. The first kappa shape index (κ1) is 14.1. The van der Waals surface area contributed by atoms with Crippen LogP contribution in [0.2, 0.25) is 0 Å². The lowest BCUT2D eigenvalue weighted by Gasteiger charge is -2.20. The van der Waals surface area contributed by atoms with E-state index in [4.69, 9.17) is 8.83 Å². The second-order valence-corrected chi connectivity index (χ2v) is 5.74. The van der Waals surface area contributed by atoms with Crippen LogP contribution < -0.4 is 0 Å². The first-order valence-electron chi connectivity index (χ1n) is 7.63. The van der Waals surface area contributed by atoms with Crippen molar-refractivity contribution in [2.75, 3.05) is 0 Å². The molecule has 118 valence electrons. The smallest absolute Gasteiger partial charge is 0.283 e. The van der Waals surface area contributed by atoms with E-state index >= 15 is 0 Å². The first-order valence-corrected chi connectivity index (χ1v) is 7.63. The number of benzene rings is 1. The molecule has 0 saturated heterocycles. The summed E-state index contributed by atoms with van der Waals surface area (Å²) in [7, 11) is 0. The molecule has 4 rings (SSSR count). The van der Waals surface area contributed by atoms with Gasteiger partial charge in [-0.1, -0.05) is 12.1 Å². The molecule has 0 bridgehead atoms. The zero-order valence-corrected chi connectivity index (χ0v) is 12.5. The third-order valence-corrected chi connectivity index (χ3v) is 3.90. The Balaban J connectivity index is 1.47. The zero-order chi connectivity index (χ0) is 15.6. The highest BCUT2D eigenvalue weighted by Gasteiger charge is 2.30. The molecule has 6 heteroatoms.